The van der Waals surface area contributed by atoms with Crippen LogP contribution >= 0.6 is 8.38 Å². The summed E-state index contributed by atoms with van der Waals surface area (Å²) in [6.45, 7) is 11.1. The first kappa shape index (κ1) is 15.8. The zero-order valence-corrected chi connectivity index (χ0v) is 11.8. The first-order valence-electron chi connectivity index (χ1n) is 5.80. The summed E-state index contributed by atoms with van der Waals surface area (Å²) in [4.78, 5) is 11.8. The molecule has 0 aromatic carbocycles. The summed E-state index contributed by atoms with van der Waals surface area (Å²) in [7, 11) is -1.19. The monoisotopic (exact) mass is 250 g/mol. The van der Waals surface area contributed by atoms with E-state index in [9.17, 15) is 4.79 Å². The topological polar surface area (TPSA) is 44.8 Å². The molecule has 0 heterocycles. The van der Waals surface area contributed by atoms with E-state index in [2.05, 4.69) is 0 Å². The van der Waals surface area contributed by atoms with Gasteiger partial charge in [-0.2, -0.15) is 0 Å². The second-order valence-corrected chi connectivity index (χ2v) is 5.21. The first-order chi connectivity index (χ1) is 7.58. The summed E-state index contributed by atoms with van der Waals surface area (Å²) < 4.78 is 16.1. The molecule has 1 unspecified atom stereocenters. The van der Waals surface area contributed by atoms with Crippen molar-refractivity contribution in [3.8, 4) is 0 Å². The van der Waals surface area contributed by atoms with Gasteiger partial charge >= 0.3 is 5.97 Å². The van der Waals surface area contributed by atoms with Gasteiger partial charge in [-0.1, -0.05) is 13.8 Å². The van der Waals surface area contributed by atoms with E-state index in [-0.39, 0.29) is 17.5 Å². The Morgan fingerprint density at radius 2 is 1.56 bits per heavy atom. The van der Waals surface area contributed by atoms with Crippen LogP contribution in [-0.2, 0) is 18.6 Å². The average molecular weight is 250 g/mol. The molecule has 0 saturated heterocycles. The zero-order valence-electron chi connectivity index (χ0n) is 10.9. The fourth-order valence-electron chi connectivity index (χ4n) is 1.28. The number of rotatable bonds is 8. The van der Waals surface area contributed by atoms with Crippen molar-refractivity contribution in [2.24, 2.45) is 5.92 Å². The number of hydrogen-bond donors (Lipinski definition) is 0. The predicted octanol–water partition coefficient (Wildman–Crippen LogP) is 2.96. The highest BCUT2D eigenvalue weighted by atomic mass is 31.2. The molecular formula is C11H23O4P. The van der Waals surface area contributed by atoms with Gasteiger partial charge in [-0.25, -0.2) is 0 Å². The molecule has 0 rings (SSSR count). The second kappa shape index (κ2) is 8.91. The molecule has 0 spiro atoms. The molecule has 0 aromatic rings. The second-order valence-electron chi connectivity index (χ2n) is 3.56. The number of hydrogen-bond acceptors (Lipinski definition) is 4. The van der Waals surface area contributed by atoms with E-state index in [0.717, 1.165) is 0 Å². The Balaban J connectivity index is 4.62. The number of esters is 1. The minimum absolute atomic E-state index is 0.156. The minimum Gasteiger partial charge on any atom is -0.465 e. The molecule has 0 fully saturated rings. The summed E-state index contributed by atoms with van der Waals surface area (Å²) in [5, 5.41) is 0. The lowest BCUT2D eigenvalue weighted by molar-refractivity contribution is -0.143. The number of ether oxygens (including phenoxy) is 1. The van der Waals surface area contributed by atoms with Crippen LogP contribution in [0, 0.1) is 5.92 Å². The Morgan fingerprint density at radius 1 is 1.06 bits per heavy atom. The van der Waals surface area contributed by atoms with Crippen LogP contribution in [0.1, 0.15) is 34.6 Å². The normalized spacial score (nSPS) is 13.2. The van der Waals surface area contributed by atoms with Crippen LogP contribution in [0.3, 0.4) is 0 Å². The van der Waals surface area contributed by atoms with Crippen molar-refractivity contribution in [1.82, 2.24) is 0 Å². The Labute approximate surface area is 99.6 Å². The Hall–Kier alpha value is -0.180. The van der Waals surface area contributed by atoms with Crippen molar-refractivity contribution >= 4 is 14.3 Å². The van der Waals surface area contributed by atoms with E-state index < -0.39 is 8.38 Å². The maximum absolute atomic E-state index is 11.8. The van der Waals surface area contributed by atoms with Gasteiger partial charge in [0.2, 0.25) is 0 Å². The van der Waals surface area contributed by atoms with Crippen LogP contribution in [0.5, 0.6) is 0 Å². The van der Waals surface area contributed by atoms with Gasteiger partial charge in [0.25, 0.3) is 0 Å². The highest BCUT2D eigenvalue weighted by Gasteiger charge is 2.34. The Morgan fingerprint density at radius 3 is 1.88 bits per heavy atom. The van der Waals surface area contributed by atoms with Crippen LogP contribution < -0.4 is 0 Å². The standard InChI is InChI=1S/C11H23O4P/c1-6-13-11(12)10(9(4)5)16(14-7-2)15-8-3/h9-10H,6-8H2,1-5H3. The molecule has 96 valence electrons. The van der Waals surface area contributed by atoms with Gasteiger partial charge in [0, 0.05) is 0 Å². The third-order valence-corrected chi connectivity index (χ3v) is 4.19. The molecule has 0 saturated carbocycles. The summed E-state index contributed by atoms with van der Waals surface area (Å²) >= 11 is 0. The molecule has 0 N–H and O–H groups in total. The van der Waals surface area contributed by atoms with E-state index in [1.165, 1.54) is 0 Å². The number of carbonyl (C=O) groups excluding carboxylic acids is 1. The van der Waals surface area contributed by atoms with E-state index >= 15 is 0 Å². The van der Waals surface area contributed by atoms with Gasteiger partial charge in [0.05, 0.1) is 19.8 Å². The van der Waals surface area contributed by atoms with Crippen molar-refractivity contribution in [3.63, 3.8) is 0 Å². The lowest BCUT2D eigenvalue weighted by Gasteiger charge is -2.26. The van der Waals surface area contributed by atoms with Gasteiger partial charge in [0.15, 0.2) is 8.38 Å². The van der Waals surface area contributed by atoms with Crippen LogP contribution in [0.15, 0.2) is 0 Å². The molecule has 0 aromatic heterocycles. The maximum atomic E-state index is 11.8. The maximum Gasteiger partial charge on any atom is 0.318 e. The molecule has 0 aliphatic rings. The van der Waals surface area contributed by atoms with Gasteiger partial charge in [0.1, 0.15) is 5.66 Å². The highest BCUT2D eigenvalue weighted by Crippen LogP contribution is 2.47. The van der Waals surface area contributed by atoms with Gasteiger partial charge in [-0.3, -0.25) is 4.79 Å². The van der Waals surface area contributed by atoms with Crippen molar-refractivity contribution in [2.45, 2.75) is 40.3 Å². The lowest BCUT2D eigenvalue weighted by atomic mass is 10.1. The molecule has 0 amide bonds. The minimum atomic E-state index is -1.19. The summed E-state index contributed by atoms with van der Waals surface area (Å²) in [6, 6.07) is 0. The molecule has 0 aliphatic heterocycles. The molecule has 4 nitrogen and oxygen atoms in total. The molecule has 0 aliphatic carbocycles. The predicted molar refractivity (Wildman–Crippen MR) is 65.4 cm³/mol. The fraction of sp³-hybridized carbons (Fsp3) is 0.909. The van der Waals surface area contributed by atoms with E-state index in [4.69, 9.17) is 13.8 Å². The van der Waals surface area contributed by atoms with Crippen molar-refractivity contribution in [2.75, 3.05) is 19.8 Å². The summed E-state index contributed by atoms with van der Waals surface area (Å²) in [5.41, 5.74) is -0.296. The summed E-state index contributed by atoms with van der Waals surface area (Å²) in [5.74, 6) is -0.0613. The largest absolute Gasteiger partial charge is 0.465 e. The van der Waals surface area contributed by atoms with Crippen LogP contribution in [0.2, 0.25) is 0 Å². The van der Waals surface area contributed by atoms with Crippen LogP contribution in [-0.4, -0.2) is 31.4 Å². The van der Waals surface area contributed by atoms with E-state index in [1.54, 1.807) is 6.92 Å². The smallest absolute Gasteiger partial charge is 0.318 e. The first-order valence-corrected chi connectivity index (χ1v) is 7.04. The third kappa shape index (κ3) is 5.24. The lowest BCUT2D eigenvalue weighted by Crippen LogP contribution is -2.28. The molecule has 0 bridgehead atoms. The van der Waals surface area contributed by atoms with Crippen molar-refractivity contribution in [3.05, 3.63) is 0 Å². The fourth-order valence-corrected chi connectivity index (χ4v) is 2.92. The average Bonchev–Trinajstić information content (AvgIpc) is 2.18. The van der Waals surface area contributed by atoms with Gasteiger partial charge in [-0.15, -0.1) is 0 Å². The third-order valence-electron chi connectivity index (χ3n) is 1.90. The molecule has 1 atom stereocenters. The van der Waals surface area contributed by atoms with E-state index in [0.29, 0.717) is 19.8 Å². The van der Waals surface area contributed by atoms with Crippen molar-refractivity contribution < 1.29 is 18.6 Å². The van der Waals surface area contributed by atoms with Gasteiger partial charge < -0.3 is 13.8 Å². The van der Waals surface area contributed by atoms with Gasteiger partial charge in [-0.05, 0) is 26.7 Å². The molecule has 0 radical (unpaired) electrons. The van der Waals surface area contributed by atoms with E-state index in [1.807, 2.05) is 27.7 Å². The zero-order chi connectivity index (χ0) is 12.6. The number of carbonyl (C=O) groups is 1. The molecular weight excluding hydrogens is 227 g/mol. The Kier molecular flexibility index (Phi) is 8.81. The van der Waals surface area contributed by atoms with Crippen LogP contribution in [0.25, 0.3) is 0 Å². The molecule has 5 heteroatoms. The quantitative estimate of drug-likeness (QED) is 0.490. The Bertz CT molecular complexity index is 190. The molecule has 16 heavy (non-hydrogen) atoms. The van der Waals surface area contributed by atoms with Crippen molar-refractivity contribution in [1.29, 1.82) is 0 Å². The summed E-state index contributed by atoms with van der Waals surface area (Å²) in [6.07, 6.45) is 0. The highest BCUT2D eigenvalue weighted by molar-refractivity contribution is 7.49. The van der Waals surface area contributed by atoms with Crippen LogP contribution in [0.4, 0.5) is 0 Å². The SMILES string of the molecule is CCOC(=O)C(C(C)C)P(OCC)OCC.